The van der Waals surface area contributed by atoms with Gasteiger partial charge in [0.2, 0.25) is 0 Å². The van der Waals surface area contributed by atoms with Crippen LogP contribution in [0.4, 0.5) is 10.5 Å². The Morgan fingerprint density at radius 2 is 2.20 bits per heavy atom. The van der Waals surface area contributed by atoms with E-state index in [0.29, 0.717) is 17.6 Å². The van der Waals surface area contributed by atoms with Crippen molar-refractivity contribution in [1.29, 1.82) is 5.26 Å². The second-order valence-electron chi connectivity index (χ2n) is 6.51. The highest BCUT2D eigenvalue weighted by Gasteiger charge is 2.37. The third-order valence-electron chi connectivity index (χ3n) is 5.06. The molecule has 1 atom stereocenters. The smallest absolute Gasteiger partial charge is 0.324 e. The zero-order chi connectivity index (χ0) is 17.4. The Morgan fingerprint density at radius 3 is 2.96 bits per heavy atom. The molecule has 2 amide bonds. The molecule has 3 N–H and O–H groups in total. The van der Waals surface area contributed by atoms with Crippen LogP contribution in [0.25, 0.3) is 11.0 Å². The number of H-pyrrole nitrogens is 1. The van der Waals surface area contributed by atoms with E-state index < -0.39 is 6.23 Å². The van der Waals surface area contributed by atoms with Gasteiger partial charge in [-0.1, -0.05) is 0 Å². The fourth-order valence-corrected chi connectivity index (χ4v) is 3.80. The summed E-state index contributed by atoms with van der Waals surface area (Å²) in [4.78, 5) is 24.1. The highest BCUT2D eigenvalue weighted by atomic mass is 16.3. The molecule has 1 saturated heterocycles. The lowest BCUT2D eigenvalue weighted by Gasteiger charge is -2.42. The van der Waals surface area contributed by atoms with E-state index in [9.17, 15) is 9.90 Å². The number of rotatable bonds is 3. The molecule has 4 heterocycles. The number of aromatic nitrogens is 2. The topological polar surface area (TPSA) is 108 Å². The molecule has 1 unspecified atom stereocenters. The summed E-state index contributed by atoms with van der Waals surface area (Å²) < 4.78 is 0. The average Bonchev–Trinajstić information content (AvgIpc) is 3.10. The molecule has 8 heteroatoms. The van der Waals surface area contributed by atoms with Crippen LogP contribution in [0.5, 0.6) is 0 Å². The Hall–Kier alpha value is -2.63. The van der Waals surface area contributed by atoms with E-state index >= 15 is 0 Å². The molecular weight excluding hydrogens is 320 g/mol. The van der Waals surface area contributed by atoms with Gasteiger partial charge in [-0.15, -0.1) is 0 Å². The van der Waals surface area contributed by atoms with Gasteiger partial charge in [-0.25, -0.2) is 9.78 Å². The number of aliphatic hydroxyl groups excluding tert-OH is 1. The fraction of sp³-hybridized carbons (Fsp3) is 0.471. The molecule has 2 aromatic rings. The molecular formula is C17H20N6O2. The van der Waals surface area contributed by atoms with E-state index in [-0.39, 0.29) is 12.1 Å². The number of likely N-dealkylation sites (tertiary alicyclic amines) is 1. The van der Waals surface area contributed by atoms with Crippen LogP contribution in [0.15, 0.2) is 18.5 Å². The Bertz CT molecular complexity index is 833. The molecule has 0 saturated carbocycles. The van der Waals surface area contributed by atoms with Crippen LogP contribution in [0, 0.1) is 11.3 Å². The van der Waals surface area contributed by atoms with Crippen LogP contribution >= 0.6 is 0 Å². The number of urea groups is 1. The van der Waals surface area contributed by atoms with Crippen molar-refractivity contribution in [3.8, 4) is 6.07 Å². The molecule has 130 valence electrons. The molecule has 2 aliphatic rings. The summed E-state index contributed by atoms with van der Waals surface area (Å²) in [6, 6.07) is 3.85. The number of hydrogen-bond donors (Lipinski definition) is 3. The largest absolute Gasteiger partial charge is 0.369 e. The number of carbonyl (C=O) groups excluding carboxylic acids is 1. The number of carbonyl (C=O) groups is 1. The second kappa shape index (κ2) is 6.35. The van der Waals surface area contributed by atoms with Crippen LogP contribution < -0.4 is 10.2 Å². The lowest BCUT2D eigenvalue weighted by Crippen LogP contribution is -2.54. The number of nitrogens with one attached hydrogen (secondary N) is 2. The van der Waals surface area contributed by atoms with Crippen molar-refractivity contribution in [3.63, 3.8) is 0 Å². The molecule has 2 aliphatic heterocycles. The molecule has 4 rings (SSSR count). The van der Waals surface area contributed by atoms with Gasteiger partial charge in [-0.3, -0.25) is 4.90 Å². The predicted octanol–water partition coefficient (Wildman–Crippen LogP) is 1.46. The lowest BCUT2D eigenvalue weighted by atomic mass is 9.99. The number of nitriles is 1. The molecule has 25 heavy (non-hydrogen) atoms. The van der Waals surface area contributed by atoms with Gasteiger partial charge >= 0.3 is 6.03 Å². The van der Waals surface area contributed by atoms with Crippen LogP contribution in [-0.2, 0) is 0 Å². The van der Waals surface area contributed by atoms with Crippen molar-refractivity contribution in [1.82, 2.24) is 20.2 Å². The minimum absolute atomic E-state index is 0.0603. The second-order valence-corrected chi connectivity index (χ2v) is 6.51. The van der Waals surface area contributed by atoms with Gasteiger partial charge in [0, 0.05) is 55.4 Å². The first-order valence-electron chi connectivity index (χ1n) is 8.52. The van der Waals surface area contributed by atoms with Crippen molar-refractivity contribution in [3.05, 3.63) is 24.0 Å². The Morgan fingerprint density at radius 1 is 1.40 bits per heavy atom. The van der Waals surface area contributed by atoms with E-state index in [1.165, 1.54) is 0 Å². The van der Waals surface area contributed by atoms with Crippen molar-refractivity contribution in [2.24, 2.45) is 0 Å². The number of amides is 2. The van der Waals surface area contributed by atoms with Gasteiger partial charge in [0.1, 0.15) is 5.65 Å². The molecule has 0 aromatic carbocycles. The van der Waals surface area contributed by atoms with Crippen molar-refractivity contribution < 1.29 is 9.90 Å². The number of aromatic amines is 1. The molecule has 0 aliphatic carbocycles. The maximum absolute atomic E-state index is 12.7. The zero-order valence-electron chi connectivity index (χ0n) is 13.8. The first-order valence-corrected chi connectivity index (χ1v) is 8.52. The standard InChI is InChI=1S/C17H20N6O2/c18-5-1-7-22-8-3-11(4-9-22)23-14-12-2-6-19-15(12)20-10-13(14)16(24)21-17(23)25/h2,6,10-11,16,24H,1,3-4,7-9H2,(H,19,20)(H,21,25). The van der Waals surface area contributed by atoms with Gasteiger partial charge in [-0.2, -0.15) is 5.26 Å². The number of fused-ring (bicyclic) bond motifs is 3. The molecule has 0 spiro atoms. The third kappa shape index (κ3) is 2.71. The van der Waals surface area contributed by atoms with Crippen LogP contribution in [-0.4, -0.2) is 51.7 Å². The molecule has 0 bridgehead atoms. The van der Waals surface area contributed by atoms with Gasteiger partial charge in [0.05, 0.1) is 11.8 Å². The normalized spacial score (nSPS) is 21.8. The van der Waals surface area contributed by atoms with Crippen molar-refractivity contribution in [2.45, 2.75) is 31.5 Å². The number of anilines is 1. The van der Waals surface area contributed by atoms with E-state index in [1.54, 1.807) is 17.3 Å². The Kier molecular flexibility index (Phi) is 4.03. The van der Waals surface area contributed by atoms with E-state index in [4.69, 9.17) is 5.26 Å². The van der Waals surface area contributed by atoms with Crippen LogP contribution in [0.2, 0.25) is 0 Å². The summed E-state index contributed by atoms with van der Waals surface area (Å²) in [5.74, 6) is 0. The maximum atomic E-state index is 12.7. The van der Waals surface area contributed by atoms with E-state index in [0.717, 1.165) is 43.5 Å². The molecule has 1 fully saturated rings. The molecule has 8 nitrogen and oxygen atoms in total. The van der Waals surface area contributed by atoms with Gasteiger partial charge in [0.15, 0.2) is 6.23 Å². The molecule has 2 aromatic heterocycles. The number of nitrogens with zero attached hydrogens (tertiary/aromatic N) is 4. The van der Waals surface area contributed by atoms with Gasteiger partial charge < -0.3 is 20.3 Å². The lowest BCUT2D eigenvalue weighted by molar-refractivity contribution is 0.136. The first kappa shape index (κ1) is 15.9. The fourth-order valence-electron chi connectivity index (χ4n) is 3.80. The number of hydrogen-bond acceptors (Lipinski definition) is 5. The minimum Gasteiger partial charge on any atom is -0.369 e. The Balaban J connectivity index is 1.65. The molecule has 0 radical (unpaired) electrons. The number of piperidine rings is 1. The van der Waals surface area contributed by atoms with Crippen LogP contribution in [0.3, 0.4) is 0 Å². The van der Waals surface area contributed by atoms with Gasteiger partial charge in [0.25, 0.3) is 0 Å². The number of pyridine rings is 1. The minimum atomic E-state index is -1.04. The number of aliphatic hydroxyl groups is 1. The van der Waals surface area contributed by atoms with E-state index in [1.807, 2.05) is 6.07 Å². The van der Waals surface area contributed by atoms with Gasteiger partial charge in [-0.05, 0) is 18.9 Å². The van der Waals surface area contributed by atoms with Crippen molar-refractivity contribution >= 4 is 22.8 Å². The summed E-state index contributed by atoms with van der Waals surface area (Å²) in [7, 11) is 0. The predicted molar refractivity (Wildman–Crippen MR) is 91.8 cm³/mol. The average molecular weight is 340 g/mol. The van der Waals surface area contributed by atoms with E-state index in [2.05, 4.69) is 26.3 Å². The highest BCUT2D eigenvalue weighted by Crippen LogP contribution is 2.38. The quantitative estimate of drug-likeness (QED) is 0.784. The first-order chi connectivity index (χ1) is 12.2. The van der Waals surface area contributed by atoms with Crippen molar-refractivity contribution in [2.75, 3.05) is 24.5 Å². The third-order valence-corrected chi connectivity index (χ3v) is 5.06. The summed E-state index contributed by atoms with van der Waals surface area (Å²) in [5.41, 5.74) is 2.08. The zero-order valence-corrected chi connectivity index (χ0v) is 13.8. The maximum Gasteiger partial charge on any atom is 0.324 e. The van der Waals surface area contributed by atoms with Crippen LogP contribution in [0.1, 0.15) is 31.1 Å². The monoisotopic (exact) mass is 340 g/mol. The SMILES string of the molecule is N#CCCN1CCC(N2C(=O)NC(O)c3cnc4[nH]ccc4c32)CC1. The summed E-state index contributed by atoms with van der Waals surface area (Å²) in [5, 5.41) is 22.4. The highest BCUT2D eigenvalue weighted by molar-refractivity contribution is 6.05. The summed E-state index contributed by atoms with van der Waals surface area (Å²) >= 11 is 0. The Labute approximate surface area is 145 Å². The summed E-state index contributed by atoms with van der Waals surface area (Å²) in [6.07, 6.45) is 4.57. The summed E-state index contributed by atoms with van der Waals surface area (Å²) in [6.45, 7) is 2.49.